The molecule has 0 aliphatic carbocycles. The number of hydrogen-bond donors (Lipinski definition) is 1. The first-order valence-electron chi connectivity index (χ1n) is 8.08. The summed E-state index contributed by atoms with van der Waals surface area (Å²) in [5.74, 6) is 1.75. The van der Waals surface area contributed by atoms with Crippen LogP contribution in [-0.2, 0) is 13.1 Å². The number of para-hydroxylation sites is 1. The van der Waals surface area contributed by atoms with E-state index in [1.807, 2.05) is 12.1 Å². The zero-order valence-corrected chi connectivity index (χ0v) is 13.8. The van der Waals surface area contributed by atoms with Crippen LogP contribution in [0, 0.1) is 0 Å². The van der Waals surface area contributed by atoms with Gasteiger partial charge in [-0.1, -0.05) is 24.3 Å². The van der Waals surface area contributed by atoms with Gasteiger partial charge in [-0.15, -0.1) is 0 Å². The fourth-order valence-corrected chi connectivity index (χ4v) is 2.65. The van der Waals surface area contributed by atoms with Gasteiger partial charge in [-0.2, -0.15) is 0 Å². The van der Waals surface area contributed by atoms with Crippen molar-refractivity contribution < 1.29 is 9.47 Å². The Morgan fingerprint density at radius 3 is 2.52 bits per heavy atom. The summed E-state index contributed by atoms with van der Waals surface area (Å²) >= 11 is 0. The van der Waals surface area contributed by atoms with E-state index in [2.05, 4.69) is 54.6 Å². The molecule has 0 fully saturated rings. The van der Waals surface area contributed by atoms with E-state index < -0.39 is 0 Å². The van der Waals surface area contributed by atoms with Gasteiger partial charge in [0.1, 0.15) is 0 Å². The number of ether oxygens (including phenoxy) is 2. The highest BCUT2D eigenvalue weighted by atomic mass is 16.5. The molecule has 0 saturated heterocycles. The molecular weight excluding hydrogens is 288 g/mol. The third-order valence-corrected chi connectivity index (χ3v) is 3.95. The highest BCUT2D eigenvalue weighted by Gasteiger charge is 2.13. The van der Waals surface area contributed by atoms with Crippen LogP contribution in [0.4, 0.5) is 5.69 Å². The van der Waals surface area contributed by atoms with Gasteiger partial charge in [0.15, 0.2) is 11.5 Å². The van der Waals surface area contributed by atoms with Crippen LogP contribution in [0.5, 0.6) is 11.5 Å². The summed E-state index contributed by atoms with van der Waals surface area (Å²) in [6.07, 6.45) is 0.930. The van der Waals surface area contributed by atoms with Gasteiger partial charge >= 0.3 is 0 Å². The second-order valence-electron chi connectivity index (χ2n) is 5.96. The van der Waals surface area contributed by atoms with E-state index in [0.29, 0.717) is 0 Å². The second-order valence-corrected chi connectivity index (χ2v) is 5.96. The van der Waals surface area contributed by atoms with Crippen molar-refractivity contribution in [3.05, 3.63) is 53.6 Å². The highest BCUT2D eigenvalue weighted by molar-refractivity contribution is 5.47. The Labute approximate surface area is 138 Å². The normalized spacial score (nSPS) is 13.5. The van der Waals surface area contributed by atoms with Crippen LogP contribution in [0.1, 0.15) is 17.5 Å². The predicted molar refractivity (Wildman–Crippen MR) is 93.4 cm³/mol. The molecule has 0 atom stereocenters. The summed E-state index contributed by atoms with van der Waals surface area (Å²) in [4.78, 5) is 2.10. The van der Waals surface area contributed by atoms with Gasteiger partial charge < -0.3 is 19.7 Å². The maximum absolute atomic E-state index is 5.85. The van der Waals surface area contributed by atoms with E-state index in [1.54, 1.807) is 0 Å². The first kappa shape index (κ1) is 15.7. The Bertz CT molecular complexity index is 638. The molecule has 4 heteroatoms. The molecule has 0 unspecified atom stereocenters. The molecular formula is C19H24N2O2. The van der Waals surface area contributed by atoms with Crippen LogP contribution in [0.2, 0.25) is 0 Å². The number of benzene rings is 2. The van der Waals surface area contributed by atoms with E-state index in [9.17, 15) is 0 Å². The van der Waals surface area contributed by atoms with Crippen LogP contribution < -0.4 is 19.7 Å². The summed E-state index contributed by atoms with van der Waals surface area (Å²) in [5, 5.41) is 3.49. The average Bonchev–Trinajstić information content (AvgIpc) is 2.81. The van der Waals surface area contributed by atoms with E-state index in [1.165, 1.54) is 11.3 Å². The number of nitrogens with one attached hydrogen (secondary N) is 1. The first-order chi connectivity index (χ1) is 11.2. The van der Waals surface area contributed by atoms with Crippen LogP contribution in [-0.4, -0.2) is 27.3 Å². The lowest BCUT2D eigenvalue weighted by molar-refractivity contribution is 0.296. The molecule has 0 spiro atoms. The lowest BCUT2D eigenvalue weighted by atomic mass is 10.1. The topological polar surface area (TPSA) is 33.7 Å². The quantitative estimate of drug-likeness (QED) is 0.919. The standard InChI is InChI=1S/C19H24N2O2/c1-21(2)17-9-7-15(8-10-17)13-20-14-16-5-3-6-18-19(16)23-12-4-11-22-18/h3,5-10,20H,4,11-14H2,1-2H3. The van der Waals surface area contributed by atoms with Crippen LogP contribution in [0.3, 0.4) is 0 Å². The average molecular weight is 312 g/mol. The summed E-state index contributed by atoms with van der Waals surface area (Å²) in [6, 6.07) is 14.7. The lowest BCUT2D eigenvalue weighted by Crippen LogP contribution is -2.14. The molecule has 0 aromatic heterocycles. The number of rotatable bonds is 5. The van der Waals surface area contributed by atoms with E-state index >= 15 is 0 Å². The molecule has 0 radical (unpaired) electrons. The molecule has 1 N–H and O–H groups in total. The molecule has 0 saturated carbocycles. The van der Waals surface area contributed by atoms with Gasteiger partial charge in [-0.25, -0.2) is 0 Å². The van der Waals surface area contributed by atoms with Crippen molar-refractivity contribution in [1.29, 1.82) is 0 Å². The smallest absolute Gasteiger partial charge is 0.165 e. The fourth-order valence-electron chi connectivity index (χ4n) is 2.65. The Kier molecular flexibility index (Phi) is 5.03. The summed E-state index contributed by atoms with van der Waals surface area (Å²) in [7, 11) is 4.10. The molecule has 2 aromatic carbocycles. The van der Waals surface area contributed by atoms with Crippen molar-refractivity contribution in [3.8, 4) is 11.5 Å². The molecule has 3 rings (SSSR count). The Morgan fingerprint density at radius 1 is 0.957 bits per heavy atom. The Hall–Kier alpha value is -2.20. The highest BCUT2D eigenvalue weighted by Crippen LogP contribution is 2.33. The number of fused-ring (bicyclic) bond motifs is 1. The molecule has 1 aliphatic heterocycles. The largest absolute Gasteiger partial charge is 0.490 e. The third-order valence-electron chi connectivity index (χ3n) is 3.95. The predicted octanol–water partition coefficient (Wildman–Crippen LogP) is 3.20. The van der Waals surface area contributed by atoms with Gasteiger partial charge in [0.05, 0.1) is 13.2 Å². The molecule has 23 heavy (non-hydrogen) atoms. The van der Waals surface area contributed by atoms with Crippen molar-refractivity contribution in [1.82, 2.24) is 5.32 Å². The Balaban J connectivity index is 1.60. The molecule has 4 nitrogen and oxygen atoms in total. The number of hydrogen-bond acceptors (Lipinski definition) is 4. The summed E-state index contributed by atoms with van der Waals surface area (Å²) in [5.41, 5.74) is 3.64. The number of anilines is 1. The SMILES string of the molecule is CN(C)c1ccc(CNCc2cccc3c2OCCCO3)cc1. The molecule has 1 aliphatic rings. The second kappa shape index (κ2) is 7.38. The van der Waals surface area contributed by atoms with E-state index in [4.69, 9.17) is 9.47 Å². The maximum atomic E-state index is 5.85. The van der Waals surface area contributed by atoms with Gasteiger partial charge in [0.25, 0.3) is 0 Å². The third kappa shape index (κ3) is 3.96. The Morgan fingerprint density at radius 2 is 1.74 bits per heavy atom. The van der Waals surface area contributed by atoms with Crippen LogP contribution in [0.15, 0.2) is 42.5 Å². The molecule has 2 aromatic rings. The zero-order valence-electron chi connectivity index (χ0n) is 13.8. The lowest BCUT2D eigenvalue weighted by Gasteiger charge is -2.14. The van der Waals surface area contributed by atoms with Gasteiger partial charge in [-0.3, -0.25) is 0 Å². The minimum atomic E-state index is 0.718. The summed E-state index contributed by atoms with van der Waals surface area (Å²) < 4.78 is 11.6. The van der Waals surface area contributed by atoms with E-state index in [-0.39, 0.29) is 0 Å². The molecule has 0 bridgehead atoms. The van der Waals surface area contributed by atoms with Gasteiger partial charge in [0.2, 0.25) is 0 Å². The van der Waals surface area contributed by atoms with Crippen molar-refractivity contribution in [2.24, 2.45) is 0 Å². The maximum Gasteiger partial charge on any atom is 0.165 e. The van der Waals surface area contributed by atoms with Crippen molar-refractivity contribution in [2.45, 2.75) is 19.5 Å². The minimum absolute atomic E-state index is 0.718. The fraction of sp³-hybridized carbons (Fsp3) is 0.368. The van der Waals surface area contributed by atoms with Crippen LogP contribution >= 0.6 is 0 Å². The summed E-state index contributed by atoms with van der Waals surface area (Å²) in [6.45, 7) is 3.04. The van der Waals surface area contributed by atoms with E-state index in [0.717, 1.165) is 49.8 Å². The van der Waals surface area contributed by atoms with Gasteiger partial charge in [0, 0.05) is 44.9 Å². The van der Waals surface area contributed by atoms with Gasteiger partial charge in [-0.05, 0) is 23.8 Å². The monoisotopic (exact) mass is 312 g/mol. The van der Waals surface area contributed by atoms with Crippen molar-refractivity contribution in [2.75, 3.05) is 32.2 Å². The van der Waals surface area contributed by atoms with Crippen molar-refractivity contribution >= 4 is 5.69 Å². The molecule has 122 valence electrons. The zero-order chi connectivity index (χ0) is 16.1. The van der Waals surface area contributed by atoms with Crippen molar-refractivity contribution in [3.63, 3.8) is 0 Å². The number of nitrogens with zero attached hydrogens (tertiary/aromatic N) is 1. The minimum Gasteiger partial charge on any atom is -0.490 e. The van der Waals surface area contributed by atoms with Crippen LogP contribution in [0.25, 0.3) is 0 Å². The first-order valence-corrected chi connectivity index (χ1v) is 8.08. The molecule has 0 amide bonds. The molecule has 1 heterocycles.